The maximum absolute atomic E-state index is 13.2. The van der Waals surface area contributed by atoms with Gasteiger partial charge in [-0.3, -0.25) is 0 Å². The average molecular weight is 280 g/mol. The standard InChI is InChI=1S/C17H26FP/c1-3-8-14(2)9-5-4-6-10-15-11-7-12-16(13-15)17(18)19/h5,7,9,11-14,17H,3-4,6,8,10,19H2,1-2H3/b9-5+/t14-,17?/m1/s1. The van der Waals surface area contributed by atoms with Gasteiger partial charge in [0.1, 0.15) is 5.91 Å². The molecule has 0 bridgehead atoms. The first kappa shape index (κ1) is 16.4. The van der Waals surface area contributed by atoms with Crippen LogP contribution in [0.1, 0.15) is 56.6 Å². The third-order valence-electron chi connectivity index (χ3n) is 3.31. The largest absolute Gasteiger partial charge is 0.238 e. The van der Waals surface area contributed by atoms with Crippen molar-refractivity contribution in [2.24, 2.45) is 5.92 Å². The van der Waals surface area contributed by atoms with Crippen LogP contribution in [0, 0.1) is 5.92 Å². The lowest BCUT2D eigenvalue weighted by Crippen LogP contribution is -1.89. The molecule has 0 heterocycles. The quantitative estimate of drug-likeness (QED) is 0.318. The number of allylic oxidation sites excluding steroid dienone is 2. The minimum absolute atomic E-state index is 0.692. The fourth-order valence-electron chi connectivity index (χ4n) is 2.22. The zero-order valence-corrected chi connectivity index (χ0v) is 13.3. The molecule has 0 radical (unpaired) electrons. The number of alkyl halides is 1. The van der Waals surface area contributed by atoms with Gasteiger partial charge in [-0.15, -0.1) is 0 Å². The van der Waals surface area contributed by atoms with Crippen molar-refractivity contribution in [1.29, 1.82) is 0 Å². The average Bonchev–Trinajstić information content (AvgIpc) is 2.39. The van der Waals surface area contributed by atoms with Gasteiger partial charge in [0.25, 0.3) is 0 Å². The molecule has 1 aromatic carbocycles. The minimum atomic E-state index is -0.949. The van der Waals surface area contributed by atoms with Crippen LogP contribution in [-0.2, 0) is 6.42 Å². The highest BCUT2D eigenvalue weighted by Gasteiger charge is 2.03. The third kappa shape index (κ3) is 6.87. The summed E-state index contributed by atoms with van der Waals surface area (Å²) in [6.45, 7) is 4.49. The number of benzene rings is 1. The van der Waals surface area contributed by atoms with Crippen molar-refractivity contribution in [2.45, 2.75) is 51.9 Å². The molecule has 0 aliphatic rings. The van der Waals surface area contributed by atoms with Crippen LogP contribution in [0.5, 0.6) is 0 Å². The number of hydrogen-bond donors (Lipinski definition) is 0. The van der Waals surface area contributed by atoms with E-state index in [1.165, 1.54) is 18.4 Å². The van der Waals surface area contributed by atoms with Gasteiger partial charge in [-0.1, -0.05) is 65.9 Å². The predicted octanol–water partition coefficient (Wildman–Crippen LogP) is 5.84. The molecule has 106 valence electrons. The first-order chi connectivity index (χ1) is 9.13. The first-order valence-electron chi connectivity index (χ1n) is 7.28. The van der Waals surface area contributed by atoms with Crippen LogP contribution in [0.15, 0.2) is 36.4 Å². The van der Waals surface area contributed by atoms with Crippen LogP contribution in [0.3, 0.4) is 0 Å². The minimum Gasteiger partial charge on any atom is -0.238 e. The molecule has 3 atom stereocenters. The molecule has 0 aliphatic carbocycles. The Kier molecular flexibility index (Phi) is 7.98. The highest BCUT2D eigenvalue weighted by atomic mass is 31.0. The van der Waals surface area contributed by atoms with E-state index in [1.807, 2.05) is 18.2 Å². The van der Waals surface area contributed by atoms with Crippen LogP contribution in [-0.4, -0.2) is 0 Å². The van der Waals surface area contributed by atoms with E-state index in [-0.39, 0.29) is 0 Å². The summed E-state index contributed by atoms with van der Waals surface area (Å²) in [6.07, 6.45) is 10.4. The summed E-state index contributed by atoms with van der Waals surface area (Å²) in [4.78, 5) is 0. The molecule has 0 spiro atoms. The van der Waals surface area contributed by atoms with Gasteiger partial charge < -0.3 is 0 Å². The SMILES string of the molecule is CCC[C@@H](C)/C=C/CCCc1cccc(C(F)P)c1. The summed E-state index contributed by atoms with van der Waals surface area (Å²) in [5, 5.41) is 0. The zero-order valence-electron chi connectivity index (χ0n) is 12.1. The van der Waals surface area contributed by atoms with E-state index in [9.17, 15) is 4.39 Å². The van der Waals surface area contributed by atoms with E-state index in [0.29, 0.717) is 5.92 Å². The van der Waals surface area contributed by atoms with Crippen LogP contribution in [0.4, 0.5) is 4.39 Å². The maximum atomic E-state index is 13.2. The Labute approximate surface area is 119 Å². The second-order valence-corrected chi connectivity index (χ2v) is 5.82. The molecular formula is C17H26FP. The van der Waals surface area contributed by atoms with Crippen molar-refractivity contribution in [2.75, 3.05) is 0 Å². The Morgan fingerprint density at radius 1 is 1.37 bits per heavy atom. The number of rotatable bonds is 8. The lowest BCUT2D eigenvalue weighted by atomic mass is 10.0. The normalized spacial score (nSPS) is 14.7. The van der Waals surface area contributed by atoms with Gasteiger partial charge in [-0.2, -0.15) is 0 Å². The molecule has 1 aromatic rings. The topological polar surface area (TPSA) is 0 Å². The Hall–Kier alpha value is -0.680. The molecule has 0 aromatic heterocycles. The predicted molar refractivity (Wildman–Crippen MR) is 86.2 cm³/mol. The Balaban J connectivity index is 2.31. The maximum Gasteiger partial charge on any atom is 0.138 e. The van der Waals surface area contributed by atoms with Crippen LogP contribution >= 0.6 is 9.24 Å². The number of hydrogen-bond acceptors (Lipinski definition) is 0. The molecule has 19 heavy (non-hydrogen) atoms. The molecule has 1 rings (SSSR count). The zero-order chi connectivity index (χ0) is 14.1. The molecule has 0 amide bonds. The number of halogens is 1. The fourth-order valence-corrected chi connectivity index (χ4v) is 2.43. The molecule has 2 unspecified atom stereocenters. The molecular weight excluding hydrogens is 254 g/mol. The Morgan fingerprint density at radius 3 is 2.84 bits per heavy atom. The van der Waals surface area contributed by atoms with Crippen LogP contribution < -0.4 is 0 Å². The summed E-state index contributed by atoms with van der Waals surface area (Å²) >= 11 is 0. The van der Waals surface area contributed by atoms with E-state index in [1.54, 1.807) is 0 Å². The van der Waals surface area contributed by atoms with Crippen molar-refractivity contribution in [1.82, 2.24) is 0 Å². The second-order valence-electron chi connectivity index (χ2n) is 5.23. The highest BCUT2D eigenvalue weighted by Crippen LogP contribution is 2.25. The molecule has 0 fully saturated rings. The summed E-state index contributed by atoms with van der Waals surface area (Å²) < 4.78 is 13.2. The van der Waals surface area contributed by atoms with E-state index in [4.69, 9.17) is 0 Å². The van der Waals surface area contributed by atoms with Gasteiger partial charge in [-0.05, 0) is 42.7 Å². The van der Waals surface area contributed by atoms with Crippen molar-refractivity contribution >= 4 is 9.24 Å². The van der Waals surface area contributed by atoms with Gasteiger partial charge in [0.2, 0.25) is 0 Å². The summed E-state index contributed by atoms with van der Waals surface area (Å²) in [7, 11) is 2.20. The van der Waals surface area contributed by atoms with Crippen molar-refractivity contribution in [3.63, 3.8) is 0 Å². The van der Waals surface area contributed by atoms with Gasteiger partial charge in [-0.25, -0.2) is 4.39 Å². The summed E-state index contributed by atoms with van der Waals surface area (Å²) in [5.41, 5.74) is 1.99. The fraction of sp³-hybridized carbons (Fsp3) is 0.529. The lowest BCUT2D eigenvalue weighted by Gasteiger charge is -2.06. The summed E-state index contributed by atoms with van der Waals surface area (Å²) in [5.74, 6) is -0.257. The van der Waals surface area contributed by atoms with Crippen molar-refractivity contribution < 1.29 is 4.39 Å². The van der Waals surface area contributed by atoms with E-state index < -0.39 is 5.91 Å². The van der Waals surface area contributed by atoms with Crippen molar-refractivity contribution in [3.05, 3.63) is 47.5 Å². The van der Waals surface area contributed by atoms with E-state index >= 15 is 0 Å². The molecule has 0 N–H and O–H groups in total. The smallest absolute Gasteiger partial charge is 0.138 e. The molecule has 0 saturated heterocycles. The van der Waals surface area contributed by atoms with Gasteiger partial charge in [0.15, 0.2) is 0 Å². The van der Waals surface area contributed by atoms with Crippen LogP contribution in [0.25, 0.3) is 0 Å². The van der Waals surface area contributed by atoms with Gasteiger partial charge >= 0.3 is 0 Å². The molecule has 0 nitrogen and oxygen atoms in total. The van der Waals surface area contributed by atoms with Crippen LogP contribution in [0.2, 0.25) is 0 Å². The van der Waals surface area contributed by atoms with Crippen molar-refractivity contribution in [3.8, 4) is 0 Å². The molecule has 0 aliphatic heterocycles. The highest BCUT2D eigenvalue weighted by molar-refractivity contribution is 7.16. The molecule has 2 heteroatoms. The number of unbranched alkanes of at least 4 members (excludes halogenated alkanes) is 1. The summed E-state index contributed by atoms with van der Waals surface area (Å²) in [6, 6.07) is 7.84. The van der Waals surface area contributed by atoms with Gasteiger partial charge in [0, 0.05) is 0 Å². The Bertz CT molecular complexity index is 385. The third-order valence-corrected chi connectivity index (χ3v) is 3.70. The monoisotopic (exact) mass is 280 g/mol. The van der Waals surface area contributed by atoms with Gasteiger partial charge in [0.05, 0.1) is 0 Å². The number of aryl methyl sites for hydroxylation is 1. The first-order valence-corrected chi connectivity index (χ1v) is 7.95. The van der Waals surface area contributed by atoms with E-state index in [2.05, 4.69) is 41.3 Å². The van der Waals surface area contributed by atoms with E-state index in [0.717, 1.165) is 24.8 Å². The Morgan fingerprint density at radius 2 is 2.16 bits per heavy atom. The lowest BCUT2D eigenvalue weighted by molar-refractivity contribution is 0.468. The molecule has 0 saturated carbocycles. The second kappa shape index (κ2) is 9.26.